The van der Waals surface area contributed by atoms with Crippen molar-refractivity contribution in [3.8, 4) is 0 Å². The van der Waals surface area contributed by atoms with Crippen LogP contribution in [-0.4, -0.2) is 42.3 Å². The molecule has 27 heavy (non-hydrogen) atoms. The molecule has 0 unspecified atom stereocenters. The molecule has 6 heteroatoms. The monoisotopic (exact) mass is 383 g/mol. The molecule has 0 aliphatic rings. The van der Waals surface area contributed by atoms with E-state index in [0.29, 0.717) is 19.4 Å². The molecule has 0 aromatic rings. The molecule has 0 aliphatic carbocycles. The fourth-order valence-corrected chi connectivity index (χ4v) is 2.26. The summed E-state index contributed by atoms with van der Waals surface area (Å²) in [4.78, 5) is 36.8. The predicted molar refractivity (Wildman–Crippen MR) is 110 cm³/mol. The van der Waals surface area contributed by atoms with Crippen LogP contribution >= 0.6 is 0 Å². The third-order valence-corrected chi connectivity index (χ3v) is 3.79. The van der Waals surface area contributed by atoms with Crippen LogP contribution in [0.25, 0.3) is 0 Å². The van der Waals surface area contributed by atoms with Gasteiger partial charge in [0.25, 0.3) is 0 Å². The second kappa shape index (κ2) is 10.2. The summed E-state index contributed by atoms with van der Waals surface area (Å²) in [5.74, 6) is -0.502. The molecule has 1 atom stereocenters. The van der Waals surface area contributed by atoms with E-state index in [1.54, 1.807) is 0 Å². The Morgan fingerprint density at radius 2 is 1.41 bits per heavy atom. The molecule has 0 fully saturated rings. The molecule has 0 aromatic heterocycles. The Labute approximate surface area is 165 Å². The van der Waals surface area contributed by atoms with E-state index in [4.69, 9.17) is 0 Å². The Morgan fingerprint density at radius 3 is 1.85 bits per heavy atom. The lowest BCUT2D eigenvalue weighted by molar-refractivity contribution is -0.130. The SMILES string of the molecule is CC(C)(C)CCC(=O)CNC(=O)[C@H](CNC(C)(C)C)NC(=O)CC(C)(C)C. The topological polar surface area (TPSA) is 87.3 Å². The quantitative estimate of drug-likeness (QED) is 0.571. The minimum absolute atomic E-state index is 0.00169. The summed E-state index contributed by atoms with van der Waals surface area (Å²) < 4.78 is 0. The van der Waals surface area contributed by atoms with E-state index in [-0.39, 0.29) is 40.5 Å². The molecular weight excluding hydrogens is 342 g/mol. The van der Waals surface area contributed by atoms with Crippen LogP contribution in [0.15, 0.2) is 0 Å². The van der Waals surface area contributed by atoms with Crippen LogP contribution in [0.5, 0.6) is 0 Å². The standard InChI is InChI=1S/C21H41N3O3/c1-19(2,3)11-10-15(25)13-22-18(27)16(14-23-21(7,8)9)24-17(26)12-20(4,5)6/h16,23H,10-14H2,1-9H3,(H,22,27)(H,24,26)/t16-/m0/s1. The molecule has 0 bridgehead atoms. The van der Waals surface area contributed by atoms with Crippen LogP contribution < -0.4 is 16.0 Å². The smallest absolute Gasteiger partial charge is 0.244 e. The lowest BCUT2D eigenvalue weighted by Gasteiger charge is -2.26. The van der Waals surface area contributed by atoms with Crippen molar-refractivity contribution < 1.29 is 14.4 Å². The van der Waals surface area contributed by atoms with Gasteiger partial charge < -0.3 is 16.0 Å². The fraction of sp³-hybridized carbons (Fsp3) is 0.857. The molecular formula is C21H41N3O3. The molecule has 0 saturated heterocycles. The number of nitrogens with one attached hydrogen (secondary N) is 3. The van der Waals surface area contributed by atoms with Gasteiger partial charge in [-0.1, -0.05) is 41.5 Å². The Morgan fingerprint density at radius 1 is 0.852 bits per heavy atom. The summed E-state index contributed by atoms with van der Waals surface area (Å²) in [6.07, 6.45) is 1.54. The van der Waals surface area contributed by atoms with Crippen molar-refractivity contribution in [1.29, 1.82) is 0 Å². The van der Waals surface area contributed by atoms with E-state index in [1.807, 2.05) is 41.5 Å². The summed E-state index contributed by atoms with van der Waals surface area (Å²) in [7, 11) is 0. The maximum absolute atomic E-state index is 12.5. The van der Waals surface area contributed by atoms with E-state index in [1.165, 1.54) is 0 Å². The first-order valence-corrected chi connectivity index (χ1v) is 9.82. The third kappa shape index (κ3) is 15.3. The fourth-order valence-electron chi connectivity index (χ4n) is 2.26. The van der Waals surface area contributed by atoms with E-state index < -0.39 is 6.04 Å². The zero-order valence-corrected chi connectivity index (χ0v) is 18.8. The zero-order valence-electron chi connectivity index (χ0n) is 18.8. The second-order valence-electron chi connectivity index (χ2n) is 10.8. The number of carbonyl (C=O) groups excluding carboxylic acids is 3. The molecule has 0 spiro atoms. The first-order valence-electron chi connectivity index (χ1n) is 9.82. The average molecular weight is 384 g/mol. The first kappa shape index (κ1) is 25.6. The van der Waals surface area contributed by atoms with Gasteiger partial charge in [-0.3, -0.25) is 14.4 Å². The zero-order chi connectivity index (χ0) is 21.5. The number of hydrogen-bond donors (Lipinski definition) is 3. The Kier molecular flexibility index (Phi) is 9.67. The summed E-state index contributed by atoms with van der Waals surface area (Å²) >= 11 is 0. The van der Waals surface area contributed by atoms with Crippen molar-refractivity contribution >= 4 is 17.6 Å². The number of hydrogen-bond acceptors (Lipinski definition) is 4. The van der Waals surface area contributed by atoms with Crippen molar-refractivity contribution in [2.45, 2.75) is 93.2 Å². The average Bonchev–Trinajstić information content (AvgIpc) is 2.43. The highest BCUT2D eigenvalue weighted by molar-refractivity contribution is 5.91. The Hall–Kier alpha value is -1.43. The summed E-state index contributed by atoms with van der Waals surface area (Å²) in [5.41, 5.74) is -0.263. The van der Waals surface area contributed by atoms with Crippen LogP contribution in [0, 0.1) is 10.8 Å². The highest BCUT2D eigenvalue weighted by Crippen LogP contribution is 2.20. The maximum Gasteiger partial charge on any atom is 0.244 e. The molecule has 0 radical (unpaired) electrons. The van der Waals surface area contributed by atoms with E-state index in [9.17, 15) is 14.4 Å². The van der Waals surface area contributed by atoms with Crippen LogP contribution in [0.1, 0.15) is 81.6 Å². The molecule has 3 N–H and O–H groups in total. The molecule has 0 saturated carbocycles. The van der Waals surface area contributed by atoms with Crippen molar-refractivity contribution in [1.82, 2.24) is 16.0 Å². The van der Waals surface area contributed by atoms with Crippen molar-refractivity contribution in [2.75, 3.05) is 13.1 Å². The predicted octanol–water partition coefficient (Wildman–Crippen LogP) is 2.81. The summed E-state index contributed by atoms with van der Waals surface area (Å²) in [5, 5.41) is 8.72. The molecule has 0 aliphatic heterocycles. The van der Waals surface area contributed by atoms with Gasteiger partial charge in [0.1, 0.15) is 6.04 Å². The van der Waals surface area contributed by atoms with Gasteiger partial charge in [-0.2, -0.15) is 0 Å². The van der Waals surface area contributed by atoms with Crippen LogP contribution in [-0.2, 0) is 14.4 Å². The summed E-state index contributed by atoms with van der Waals surface area (Å²) in [6.45, 7) is 18.5. The summed E-state index contributed by atoms with van der Waals surface area (Å²) in [6, 6.07) is -0.713. The van der Waals surface area contributed by atoms with Crippen LogP contribution in [0.3, 0.4) is 0 Å². The van der Waals surface area contributed by atoms with Gasteiger partial charge in [-0.05, 0) is 38.0 Å². The molecule has 0 aromatic carbocycles. The van der Waals surface area contributed by atoms with Gasteiger partial charge in [-0.25, -0.2) is 0 Å². The minimum Gasteiger partial charge on any atom is -0.347 e. The third-order valence-electron chi connectivity index (χ3n) is 3.79. The lowest BCUT2D eigenvalue weighted by Crippen LogP contribution is -2.55. The van der Waals surface area contributed by atoms with Gasteiger partial charge >= 0.3 is 0 Å². The van der Waals surface area contributed by atoms with Crippen molar-refractivity contribution in [2.24, 2.45) is 10.8 Å². The van der Waals surface area contributed by atoms with E-state index >= 15 is 0 Å². The Balaban J connectivity index is 4.76. The van der Waals surface area contributed by atoms with Gasteiger partial charge in [0.15, 0.2) is 5.78 Å². The maximum atomic E-state index is 12.5. The van der Waals surface area contributed by atoms with Gasteiger partial charge in [-0.15, -0.1) is 0 Å². The van der Waals surface area contributed by atoms with E-state index in [0.717, 1.165) is 6.42 Å². The molecule has 6 nitrogen and oxygen atoms in total. The van der Waals surface area contributed by atoms with Crippen LogP contribution in [0.4, 0.5) is 0 Å². The second-order valence-corrected chi connectivity index (χ2v) is 10.8. The van der Waals surface area contributed by atoms with Gasteiger partial charge in [0, 0.05) is 24.9 Å². The van der Waals surface area contributed by atoms with Crippen LogP contribution in [0.2, 0.25) is 0 Å². The van der Waals surface area contributed by atoms with Gasteiger partial charge in [0.05, 0.1) is 6.54 Å². The normalized spacial score (nSPS) is 13.8. The highest BCUT2D eigenvalue weighted by Gasteiger charge is 2.25. The van der Waals surface area contributed by atoms with Gasteiger partial charge in [0.2, 0.25) is 11.8 Å². The number of rotatable bonds is 9. The molecule has 0 rings (SSSR count). The van der Waals surface area contributed by atoms with E-state index in [2.05, 4.69) is 36.7 Å². The molecule has 2 amide bonds. The molecule has 158 valence electrons. The lowest BCUT2D eigenvalue weighted by atomic mass is 9.89. The highest BCUT2D eigenvalue weighted by atomic mass is 16.2. The number of Topliss-reactive ketones (excluding diaryl/α,β-unsaturated/α-hetero) is 1. The molecule has 0 heterocycles. The minimum atomic E-state index is -0.713. The Bertz CT molecular complexity index is 508. The number of ketones is 1. The first-order chi connectivity index (χ1) is 12.0. The number of carbonyl (C=O) groups is 3. The largest absolute Gasteiger partial charge is 0.347 e. The number of amides is 2. The van der Waals surface area contributed by atoms with Crippen molar-refractivity contribution in [3.05, 3.63) is 0 Å². The van der Waals surface area contributed by atoms with Crippen molar-refractivity contribution in [3.63, 3.8) is 0 Å².